The predicted octanol–water partition coefficient (Wildman–Crippen LogP) is 1.62. The summed E-state index contributed by atoms with van der Waals surface area (Å²) in [4.78, 5) is 10.6. The number of rotatable bonds is 4. The van der Waals surface area contributed by atoms with Crippen molar-refractivity contribution < 1.29 is 13.8 Å². The van der Waals surface area contributed by atoms with Gasteiger partial charge in [-0.05, 0) is 13.0 Å². The molecule has 0 amide bonds. The standard InChI is InChI=1S/C6H9ClO3/c1-3-4-9-6(8)5(2)10-7/h2-4H2,1H3. The Hall–Kier alpha value is -0.700. The van der Waals surface area contributed by atoms with Crippen molar-refractivity contribution in [2.75, 3.05) is 6.61 Å². The van der Waals surface area contributed by atoms with Gasteiger partial charge in [0.15, 0.2) is 0 Å². The summed E-state index contributed by atoms with van der Waals surface area (Å²) in [6.07, 6.45) is 0.765. The first-order chi connectivity index (χ1) is 4.72. The van der Waals surface area contributed by atoms with Crippen molar-refractivity contribution in [3.63, 3.8) is 0 Å². The molecule has 0 aromatic carbocycles. The lowest BCUT2D eigenvalue weighted by atomic mass is 10.5. The normalized spacial score (nSPS) is 8.60. The van der Waals surface area contributed by atoms with Gasteiger partial charge >= 0.3 is 5.97 Å². The second kappa shape index (κ2) is 5.11. The van der Waals surface area contributed by atoms with E-state index in [0.29, 0.717) is 6.61 Å². The Labute approximate surface area is 64.7 Å². The first kappa shape index (κ1) is 9.30. The summed E-state index contributed by atoms with van der Waals surface area (Å²) < 4.78 is 8.61. The molecular formula is C6H9ClO3. The molecule has 0 atom stereocenters. The molecule has 0 heterocycles. The predicted molar refractivity (Wildman–Crippen MR) is 37.3 cm³/mol. The van der Waals surface area contributed by atoms with Crippen LogP contribution < -0.4 is 0 Å². The number of hydrogen-bond donors (Lipinski definition) is 0. The van der Waals surface area contributed by atoms with Crippen molar-refractivity contribution >= 4 is 17.8 Å². The van der Waals surface area contributed by atoms with E-state index in [-0.39, 0.29) is 5.76 Å². The fourth-order valence-electron chi connectivity index (χ4n) is 0.307. The average molecular weight is 165 g/mol. The third-order valence-corrected chi connectivity index (χ3v) is 0.944. The van der Waals surface area contributed by atoms with Crippen LogP contribution in [0.2, 0.25) is 0 Å². The van der Waals surface area contributed by atoms with Crippen LogP contribution in [0, 0.1) is 0 Å². The zero-order chi connectivity index (χ0) is 7.98. The van der Waals surface area contributed by atoms with Crippen LogP contribution in [-0.4, -0.2) is 12.6 Å². The molecule has 0 spiro atoms. The van der Waals surface area contributed by atoms with Crippen molar-refractivity contribution in [1.82, 2.24) is 0 Å². The van der Waals surface area contributed by atoms with Crippen molar-refractivity contribution in [2.24, 2.45) is 0 Å². The van der Waals surface area contributed by atoms with Crippen LogP contribution in [0.4, 0.5) is 0 Å². The van der Waals surface area contributed by atoms with E-state index in [1.165, 1.54) is 0 Å². The lowest BCUT2D eigenvalue weighted by Gasteiger charge is -2.00. The molecule has 3 nitrogen and oxygen atoms in total. The van der Waals surface area contributed by atoms with E-state index in [4.69, 9.17) is 11.9 Å². The van der Waals surface area contributed by atoms with E-state index in [0.717, 1.165) is 6.42 Å². The van der Waals surface area contributed by atoms with Crippen LogP contribution in [0.3, 0.4) is 0 Å². The third-order valence-electron chi connectivity index (χ3n) is 0.758. The van der Waals surface area contributed by atoms with E-state index in [9.17, 15) is 4.79 Å². The van der Waals surface area contributed by atoms with Gasteiger partial charge in [0.1, 0.15) is 11.9 Å². The van der Waals surface area contributed by atoms with E-state index >= 15 is 0 Å². The summed E-state index contributed by atoms with van der Waals surface area (Å²) in [5, 5.41) is 0. The molecule has 0 radical (unpaired) electrons. The molecule has 0 rings (SSSR count). The van der Waals surface area contributed by atoms with Gasteiger partial charge in [0.2, 0.25) is 5.76 Å². The molecule has 0 bridgehead atoms. The molecule has 0 aliphatic heterocycles. The van der Waals surface area contributed by atoms with E-state index in [1.54, 1.807) is 0 Å². The topological polar surface area (TPSA) is 35.5 Å². The Morgan fingerprint density at radius 3 is 2.70 bits per heavy atom. The lowest BCUT2D eigenvalue weighted by Crippen LogP contribution is -2.07. The van der Waals surface area contributed by atoms with Gasteiger partial charge in [-0.1, -0.05) is 6.92 Å². The molecule has 58 valence electrons. The fraction of sp³-hybridized carbons (Fsp3) is 0.500. The van der Waals surface area contributed by atoms with Crippen LogP contribution in [-0.2, 0) is 13.8 Å². The molecule has 0 aromatic rings. The van der Waals surface area contributed by atoms with E-state index < -0.39 is 5.97 Å². The maximum atomic E-state index is 10.6. The van der Waals surface area contributed by atoms with E-state index in [1.807, 2.05) is 6.92 Å². The molecule has 0 aliphatic rings. The van der Waals surface area contributed by atoms with Crippen LogP contribution in [0.15, 0.2) is 12.3 Å². The summed E-state index contributed by atoms with van der Waals surface area (Å²) in [7, 11) is 0. The maximum absolute atomic E-state index is 10.6. The number of esters is 1. The number of hydrogen-bond acceptors (Lipinski definition) is 3. The number of ether oxygens (including phenoxy) is 1. The SMILES string of the molecule is C=C(OCl)C(=O)OCCC. The zero-order valence-electron chi connectivity index (χ0n) is 5.72. The molecule has 0 unspecified atom stereocenters. The summed E-state index contributed by atoms with van der Waals surface area (Å²) in [6, 6.07) is 0. The summed E-state index contributed by atoms with van der Waals surface area (Å²) in [5.41, 5.74) is 0. The highest BCUT2D eigenvalue weighted by Crippen LogP contribution is 1.99. The number of carbonyl (C=O) groups is 1. The Morgan fingerprint density at radius 2 is 2.30 bits per heavy atom. The molecule has 0 saturated heterocycles. The Bertz CT molecular complexity index is 133. The quantitative estimate of drug-likeness (QED) is 0.360. The molecule has 0 N–H and O–H groups in total. The largest absolute Gasteiger partial charge is 0.460 e. The van der Waals surface area contributed by atoms with Crippen molar-refractivity contribution in [2.45, 2.75) is 13.3 Å². The van der Waals surface area contributed by atoms with Gasteiger partial charge in [-0.3, -0.25) is 0 Å². The van der Waals surface area contributed by atoms with Gasteiger partial charge in [0.05, 0.1) is 6.61 Å². The second-order valence-corrected chi connectivity index (χ2v) is 1.79. The molecule has 0 fully saturated rings. The van der Waals surface area contributed by atoms with Crippen LogP contribution in [0.1, 0.15) is 13.3 Å². The minimum atomic E-state index is -0.614. The van der Waals surface area contributed by atoms with Gasteiger partial charge < -0.3 is 9.03 Å². The number of halogens is 1. The molecule has 4 heteroatoms. The highest BCUT2D eigenvalue weighted by molar-refractivity contribution is 6.10. The second-order valence-electron chi connectivity index (χ2n) is 1.64. The lowest BCUT2D eigenvalue weighted by molar-refractivity contribution is -0.141. The summed E-state index contributed by atoms with van der Waals surface area (Å²) in [5.74, 6) is -0.799. The van der Waals surface area contributed by atoms with Gasteiger partial charge in [-0.2, -0.15) is 0 Å². The minimum absolute atomic E-state index is 0.185. The Morgan fingerprint density at radius 1 is 1.70 bits per heavy atom. The van der Waals surface area contributed by atoms with Crippen molar-refractivity contribution in [3.8, 4) is 0 Å². The van der Waals surface area contributed by atoms with Gasteiger partial charge in [0, 0.05) is 0 Å². The van der Waals surface area contributed by atoms with Gasteiger partial charge in [-0.25, -0.2) is 4.79 Å². The Kier molecular flexibility index (Phi) is 4.76. The molecular weight excluding hydrogens is 156 g/mol. The van der Waals surface area contributed by atoms with Gasteiger partial charge in [-0.15, -0.1) is 0 Å². The highest BCUT2D eigenvalue weighted by atomic mass is 35.5. The molecule has 0 saturated carbocycles. The average Bonchev–Trinajstić information content (AvgIpc) is 1.98. The summed E-state index contributed by atoms with van der Waals surface area (Å²) in [6.45, 7) is 5.44. The van der Waals surface area contributed by atoms with Crippen LogP contribution in [0.5, 0.6) is 0 Å². The zero-order valence-corrected chi connectivity index (χ0v) is 6.48. The highest BCUT2D eigenvalue weighted by Gasteiger charge is 2.07. The maximum Gasteiger partial charge on any atom is 0.375 e. The summed E-state index contributed by atoms with van der Waals surface area (Å²) >= 11 is 4.83. The number of carbonyl (C=O) groups excluding carboxylic acids is 1. The molecule has 0 aromatic heterocycles. The molecule has 10 heavy (non-hydrogen) atoms. The smallest absolute Gasteiger partial charge is 0.375 e. The van der Waals surface area contributed by atoms with Gasteiger partial charge in [0.25, 0.3) is 0 Å². The third kappa shape index (κ3) is 3.35. The Balaban J connectivity index is 3.52. The first-order valence-corrected chi connectivity index (χ1v) is 3.17. The van der Waals surface area contributed by atoms with Crippen molar-refractivity contribution in [1.29, 1.82) is 0 Å². The fourth-order valence-corrected chi connectivity index (χ4v) is 0.370. The van der Waals surface area contributed by atoms with Crippen LogP contribution >= 0.6 is 11.9 Å². The van der Waals surface area contributed by atoms with Crippen molar-refractivity contribution in [3.05, 3.63) is 12.3 Å². The minimum Gasteiger partial charge on any atom is -0.460 e. The van der Waals surface area contributed by atoms with Crippen LogP contribution in [0.25, 0.3) is 0 Å². The molecule has 0 aliphatic carbocycles. The van der Waals surface area contributed by atoms with E-state index in [2.05, 4.69) is 15.6 Å². The monoisotopic (exact) mass is 164 g/mol. The first-order valence-electron chi connectivity index (χ1n) is 2.87.